The highest BCUT2D eigenvalue weighted by Gasteiger charge is 2.16. The first kappa shape index (κ1) is 10.8. The van der Waals surface area contributed by atoms with Crippen molar-refractivity contribution < 1.29 is 0 Å². The Morgan fingerprint density at radius 3 is 2.67 bits per heavy atom. The number of aryl methyl sites for hydroxylation is 1. The normalized spacial score (nSPS) is 15.5. The van der Waals surface area contributed by atoms with Gasteiger partial charge in [-0.15, -0.1) is 0 Å². The predicted octanol–water partition coefficient (Wildman–Crippen LogP) is 2.07. The van der Waals surface area contributed by atoms with Gasteiger partial charge in [-0.3, -0.25) is 0 Å². The SMILES string of the molecule is CN(C)Cc1nc(Cl)c2c(n1)CCCC2. The summed E-state index contributed by atoms with van der Waals surface area (Å²) in [6.07, 6.45) is 4.53. The lowest BCUT2D eigenvalue weighted by Crippen LogP contribution is -2.16. The van der Waals surface area contributed by atoms with E-state index in [1.165, 1.54) is 18.4 Å². The average molecular weight is 226 g/mol. The van der Waals surface area contributed by atoms with E-state index in [1.807, 2.05) is 14.1 Å². The first-order valence-corrected chi connectivity index (χ1v) is 5.73. The molecule has 0 fully saturated rings. The molecule has 0 N–H and O–H groups in total. The van der Waals surface area contributed by atoms with E-state index in [2.05, 4.69) is 14.9 Å². The molecule has 0 atom stereocenters. The van der Waals surface area contributed by atoms with Gasteiger partial charge in [0.05, 0.1) is 6.54 Å². The Balaban J connectivity index is 2.32. The topological polar surface area (TPSA) is 29.0 Å². The minimum Gasteiger partial charge on any atom is -0.302 e. The van der Waals surface area contributed by atoms with Gasteiger partial charge in [0.1, 0.15) is 11.0 Å². The predicted molar refractivity (Wildman–Crippen MR) is 61.1 cm³/mol. The Bertz CT molecular complexity index is 363. The van der Waals surface area contributed by atoms with Gasteiger partial charge in [-0.05, 0) is 39.8 Å². The second kappa shape index (κ2) is 4.45. The van der Waals surface area contributed by atoms with E-state index in [9.17, 15) is 0 Å². The summed E-state index contributed by atoms with van der Waals surface area (Å²) in [6, 6.07) is 0. The Hall–Kier alpha value is -0.670. The lowest BCUT2D eigenvalue weighted by Gasteiger charge is -2.17. The summed E-state index contributed by atoms with van der Waals surface area (Å²) in [5, 5.41) is 0.663. The second-order valence-corrected chi connectivity index (χ2v) is 4.66. The fourth-order valence-corrected chi connectivity index (χ4v) is 2.25. The summed E-state index contributed by atoms with van der Waals surface area (Å²) in [5.41, 5.74) is 2.34. The molecule has 0 saturated carbocycles. The fourth-order valence-electron chi connectivity index (χ4n) is 1.95. The number of nitrogens with zero attached hydrogens (tertiary/aromatic N) is 3. The molecule has 15 heavy (non-hydrogen) atoms. The standard InChI is InChI=1S/C11H16ClN3/c1-15(2)7-10-13-9-6-4-3-5-8(9)11(12)14-10/h3-7H2,1-2H3. The highest BCUT2D eigenvalue weighted by Crippen LogP contribution is 2.25. The number of rotatable bonds is 2. The highest BCUT2D eigenvalue weighted by molar-refractivity contribution is 6.30. The van der Waals surface area contributed by atoms with E-state index in [0.29, 0.717) is 5.15 Å². The second-order valence-electron chi connectivity index (χ2n) is 4.30. The highest BCUT2D eigenvalue weighted by atomic mass is 35.5. The van der Waals surface area contributed by atoms with Crippen LogP contribution in [0.3, 0.4) is 0 Å². The summed E-state index contributed by atoms with van der Waals surface area (Å²) < 4.78 is 0. The van der Waals surface area contributed by atoms with Crippen molar-refractivity contribution in [1.82, 2.24) is 14.9 Å². The van der Waals surface area contributed by atoms with Crippen molar-refractivity contribution in [3.8, 4) is 0 Å². The third kappa shape index (κ3) is 2.47. The van der Waals surface area contributed by atoms with Gasteiger partial charge in [-0.1, -0.05) is 11.6 Å². The van der Waals surface area contributed by atoms with E-state index >= 15 is 0 Å². The zero-order valence-corrected chi connectivity index (χ0v) is 10.0. The molecule has 0 aromatic carbocycles. The molecule has 3 nitrogen and oxygen atoms in total. The van der Waals surface area contributed by atoms with Crippen molar-refractivity contribution in [3.63, 3.8) is 0 Å². The molecule has 82 valence electrons. The van der Waals surface area contributed by atoms with Gasteiger partial charge >= 0.3 is 0 Å². The Kier molecular flexibility index (Phi) is 3.22. The van der Waals surface area contributed by atoms with Crippen molar-refractivity contribution in [1.29, 1.82) is 0 Å². The van der Waals surface area contributed by atoms with Crippen molar-refractivity contribution in [3.05, 3.63) is 22.2 Å². The molecule has 4 heteroatoms. The maximum absolute atomic E-state index is 6.16. The number of hydrogen-bond donors (Lipinski definition) is 0. The lowest BCUT2D eigenvalue weighted by molar-refractivity contribution is 0.389. The van der Waals surface area contributed by atoms with Crippen LogP contribution in [-0.4, -0.2) is 29.0 Å². The average Bonchev–Trinajstić information content (AvgIpc) is 2.16. The first-order chi connectivity index (χ1) is 7.16. The largest absolute Gasteiger partial charge is 0.302 e. The summed E-state index contributed by atoms with van der Waals surface area (Å²) >= 11 is 6.16. The molecule has 0 amide bonds. The molecule has 0 bridgehead atoms. The number of fused-ring (bicyclic) bond motifs is 1. The smallest absolute Gasteiger partial charge is 0.144 e. The van der Waals surface area contributed by atoms with Crippen molar-refractivity contribution >= 4 is 11.6 Å². The number of aromatic nitrogens is 2. The molecule has 0 unspecified atom stereocenters. The quantitative estimate of drug-likeness (QED) is 0.722. The van der Waals surface area contributed by atoms with Crippen LogP contribution in [0.5, 0.6) is 0 Å². The van der Waals surface area contributed by atoms with E-state index < -0.39 is 0 Å². The number of hydrogen-bond acceptors (Lipinski definition) is 3. The zero-order chi connectivity index (χ0) is 10.8. The monoisotopic (exact) mass is 225 g/mol. The van der Waals surface area contributed by atoms with Gasteiger partial charge in [0, 0.05) is 11.3 Å². The first-order valence-electron chi connectivity index (χ1n) is 5.35. The van der Waals surface area contributed by atoms with E-state index in [4.69, 9.17) is 11.6 Å². The summed E-state index contributed by atoms with van der Waals surface area (Å²) in [5.74, 6) is 0.839. The van der Waals surface area contributed by atoms with Crippen LogP contribution >= 0.6 is 11.6 Å². The molecule has 1 aromatic heterocycles. The van der Waals surface area contributed by atoms with Gasteiger partial charge in [0.25, 0.3) is 0 Å². The van der Waals surface area contributed by atoms with Crippen LogP contribution in [-0.2, 0) is 19.4 Å². The third-order valence-corrected chi connectivity index (χ3v) is 2.95. The zero-order valence-electron chi connectivity index (χ0n) is 9.26. The fraction of sp³-hybridized carbons (Fsp3) is 0.636. The van der Waals surface area contributed by atoms with Crippen molar-refractivity contribution in [2.75, 3.05) is 14.1 Å². The molecule has 1 heterocycles. The molecule has 2 rings (SSSR count). The Morgan fingerprint density at radius 2 is 1.93 bits per heavy atom. The van der Waals surface area contributed by atoms with E-state index in [1.54, 1.807) is 0 Å². The molecule has 1 aromatic rings. The molecular weight excluding hydrogens is 210 g/mol. The summed E-state index contributed by atoms with van der Waals surface area (Å²) in [7, 11) is 4.02. The van der Waals surface area contributed by atoms with Crippen LogP contribution in [0.2, 0.25) is 5.15 Å². The van der Waals surface area contributed by atoms with Gasteiger partial charge in [-0.2, -0.15) is 0 Å². The molecule has 0 saturated heterocycles. The maximum Gasteiger partial charge on any atom is 0.144 e. The van der Waals surface area contributed by atoms with Crippen LogP contribution in [0.15, 0.2) is 0 Å². The van der Waals surface area contributed by atoms with Crippen molar-refractivity contribution in [2.45, 2.75) is 32.2 Å². The van der Waals surface area contributed by atoms with Crippen LogP contribution < -0.4 is 0 Å². The van der Waals surface area contributed by atoms with Crippen LogP contribution in [0.4, 0.5) is 0 Å². The van der Waals surface area contributed by atoms with E-state index in [-0.39, 0.29) is 0 Å². The van der Waals surface area contributed by atoms with Crippen LogP contribution in [0, 0.1) is 0 Å². The lowest BCUT2D eigenvalue weighted by atomic mass is 9.97. The minimum atomic E-state index is 0.663. The van der Waals surface area contributed by atoms with Crippen LogP contribution in [0.1, 0.15) is 29.9 Å². The molecule has 0 spiro atoms. The Morgan fingerprint density at radius 1 is 1.20 bits per heavy atom. The molecule has 1 aliphatic rings. The van der Waals surface area contributed by atoms with E-state index in [0.717, 1.165) is 30.9 Å². The number of halogens is 1. The third-order valence-electron chi connectivity index (χ3n) is 2.64. The molecular formula is C11H16ClN3. The van der Waals surface area contributed by atoms with Crippen molar-refractivity contribution in [2.24, 2.45) is 0 Å². The molecule has 0 aliphatic heterocycles. The minimum absolute atomic E-state index is 0.663. The van der Waals surface area contributed by atoms with Crippen LogP contribution in [0.25, 0.3) is 0 Å². The van der Waals surface area contributed by atoms with Gasteiger partial charge in [0.15, 0.2) is 0 Å². The molecule has 0 radical (unpaired) electrons. The maximum atomic E-state index is 6.16. The van der Waals surface area contributed by atoms with Gasteiger partial charge in [-0.25, -0.2) is 9.97 Å². The van der Waals surface area contributed by atoms with Gasteiger partial charge < -0.3 is 4.90 Å². The Labute approximate surface area is 95.5 Å². The summed E-state index contributed by atoms with van der Waals surface area (Å²) in [4.78, 5) is 11.0. The summed E-state index contributed by atoms with van der Waals surface area (Å²) in [6.45, 7) is 0.757. The molecule has 1 aliphatic carbocycles. The van der Waals surface area contributed by atoms with Gasteiger partial charge in [0.2, 0.25) is 0 Å².